The quantitative estimate of drug-likeness (QED) is 0.239. The Labute approximate surface area is 227 Å². The molecule has 0 radical (unpaired) electrons. The molecule has 0 N–H and O–H groups in total. The van der Waals surface area contributed by atoms with Gasteiger partial charge in [0.15, 0.2) is 0 Å². The van der Waals surface area contributed by atoms with E-state index in [0.29, 0.717) is 0 Å². The second kappa shape index (κ2) is 7.87. The summed E-state index contributed by atoms with van der Waals surface area (Å²) in [7, 11) is 0. The lowest BCUT2D eigenvalue weighted by molar-refractivity contribution is 0.728. The number of benzene rings is 4. The van der Waals surface area contributed by atoms with Gasteiger partial charge in [-0.2, -0.15) is 0 Å². The molecular formula is C36H25N3. The van der Waals surface area contributed by atoms with Gasteiger partial charge in [-0.15, -0.1) is 0 Å². The van der Waals surface area contributed by atoms with Crippen molar-refractivity contribution in [1.82, 2.24) is 9.97 Å². The van der Waals surface area contributed by atoms with Gasteiger partial charge >= 0.3 is 0 Å². The van der Waals surface area contributed by atoms with E-state index in [-0.39, 0.29) is 12.0 Å². The van der Waals surface area contributed by atoms with Crippen molar-refractivity contribution >= 4 is 28.5 Å². The summed E-state index contributed by atoms with van der Waals surface area (Å²) in [4.78, 5) is 12.9. The second-order valence-corrected chi connectivity index (χ2v) is 10.8. The third kappa shape index (κ3) is 2.87. The van der Waals surface area contributed by atoms with E-state index in [0.717, 1.165) is 35.7 Å². The van der Waals surface area contributed by atoms with Crippen LogP contribution in [0.5, 0.6) is 0 Å². The highest BCUT2D eigenvalue weighted by atomic mass is 15.3. The number of allylic oxidation sites excluding steroid dienone is 3. The fraction of sp³-hybridized carbons (Fsp3) is 0.111. The predicted molar refractivity (Wildman–Crippen MR) is 160 cm³/mol. The molecule has 2 heterocycles. The Kier molecular flexibility index (Phi) is 4.28. The molecule has 2 atom stereocenters. The molecule has 2 unspecified atom stereocenters. The number of fused-ring (bicyclic) bond motifs is 8. The van der Waals surface area contributed by atoms with E-state index in [9.17, 15) is 0 Å². The highest BCUT2D eigenvalue weighted by molar-refractivity contribution is 6.17. The average molecular weight is 500 g/mol. The van der Waals surface area contributed by atoms with Crippen molar-refractivity contribution in [2.45, 2.75) is 24.8 Å². The zero-order valence-electron chi connectivity index (χ0n) is 21.4. The van der Waals surface area contributed by atoms with Crippen molar-refractivity contribution in [3.05, 3.63) is 126 Å². The molecular weight excluding hydrogens is 474 g/mol. The average Bonchev–Trinajstić information content (AvgIpc) is 3.51. The number of anilines is 2. The van der Waals surface area contributed by atoms with Crippen molar-refractivity contribution in [2.24, 2.45) is 0 Å². The van der Waals surface area contributed by atoms with E-state index in [4.69, 9.17) is 9.97 Å². The summed E-state index contributed by atoms with van der Waals surface area (Å²) in [5, 5.41) is 2.67. The number of nitrogens with zero attached hydrogens (tertiary/aromatic N) is 3. The normalized spacial score (nSPS) is 19.2. The van der Waals surface area contributed by atoms with E-state index in [1.165, 1.54) is 49.8 Å². The van der Waals surface area contributed by atoms with Crippen LogP contribution in [0.15, 0.2) is 109 Å². The molecule has 0 saturated heterocycles. The number of hydrogen-bond donors (Lipinski definition) is 0. The molecule has 184 valence electrons. The molecule has 0 fully saturated rings. The van der Waals surface area contributed by atoms with Crippen LogP contribution >= 0.6 is 0 Å². The summed E-state index contributed by atoms with van der Waals surface area (Å²) >= 11 is 0. The molecule has 3 aliphatic carbocycles. The van der Waals surface area contributed by atoms with Crippen LogP contribution in [0.4, 0.5) is 11.6 Å². The fourth-order valence-corrected chi connectivity index (χ4v) is 7.19. The van der Waals surface area contributed by atoms with Gasteiger partial charge in [-0.05, 0) is 63.6 Å². The molecule has 39 heavy (non-hydrogen) atoms. The van der Waals surface area contributed by atoms with Crippen LogP contribution in [0.25, 0.3) is 50.4 Å². The maximum Gasteiger partial charge on any atom is 0.231 e. The Hall–Kier alpha value is -4.76. The Morgan fingerprint density at radius 3 is 2.49 bits per heavy atom. The summed E-state index contributed by atoms with van der Waals surface area (Å²) < 4.78 is 0. The van der Waals surface area contributed by atoms with Crippen LogP contribution in [-0.4, -0.2) is 16.0 Å². The number of hydrogen-bond acceptors (Lipinski definition) is 3. The Morgan fingerprint density at radius 1 is 0.744 bits per heavy atom. The summed E-state index contributed by atoms with van der Waals surface area (Å²) in [5.74, 6) is 1.02. The third-order valence-corrected chi connectivity index (χ3v) is 8.81. The van der Waals surface area contributed by atoms with Crippen LogP contribution in [0.2, 0.25) is 0 Å². The highest BCUT2D eigenvalue weighted by Crippen LogP contribution is 2.57. The van der Waals surface area contributed by atoms with E-state index in [1.54, 1.807) is 0 Å². The van der Waals surface area contributed by atoms with Crippen molar-refractivity contribution in [3.8, 4) is 33.5 Å². The summed E-state index contributed by atoms with van der Waals surface area (Å²) in [5.41, 5.74) is 12.5. The van der Waals surface area contributed by atoms with E-state index >= 15 is 0 Å². The molecule has 0 bridgehead atoms. The summed E-state index contributed by atoms with van der Waals surface area (Å²) in [6.45, 7) is 0. The van der Waals surface area contributed by atoms with Gasteiger partial charge < -0.3 is 4.90 Å². The minimum Gasteiger partial charge on any atom is -0.302 e. The number of aromatic nitrogens is 2. The Morgan fingerprint density at radius 2 is 1.59 bits per heavy atom. The molecule has 5 aromatic rings. The van der Waals surface area contributed by atoms with Gasteiger partial charge in [0.2, 0.25) is 5.95 Å². The van der Waals surface area contributed by atoms with Crippen molar-refractivity contribution in [3.63, 3.8) is 0 Å². The first kappa shape index (κ1) is 21.2. The molecule has 0 saturated carbocycles. The summed E-state index contributed by atoms with van der Waals surface area (Å²) in [6.07, 6.45) is 15.5. The highest BCUT2D eigenvalue weighted by Gasteiger charge is 2.42. The zero-order chi connectivity index (χ0) is 25.5. The van der Waals surface area contributed by atoms with Gasteiger partial charge in [0, 0.05) is 22.7 Å². The first-order valence-electron chi connectivity index (χ1n) is 13.8. The lowest BCUT2D eigenvalue weighted by Gasteiger charge is -2.28. The van der Waals surface area contributed by atoms with Gasteiger partial charge in [0.1, 0.15) is 0 Å². The number of rotatable bonds is 2. The molecule has 3 heteroatoms. The van der Waals surface area contributed by atoms with Crippen LogP contribution < -0.4 is 4.90 Å². The maximum atomic E-state index is 5.32. The maximum absolute atomic E-state index is 5.32. The van der Waals surface area contributed by atoms with Gasteiger partial charge in [0.25, 0.3) is 0 Å². The first-order valence-corrected chi connectivity index (χ1v) is 13.8. The lowest BCUT2D eigenvalue weighted by Crippen LogP contribution is -2.30. The molecule has 9 rings (SSSR count). The van der Waals surface area contributed by atoms with Crippen LogP contribution in [0, 0.1) is 0 Å². The van der Waals surface area contributed by atoms with Crippen LogP contribution in [0.1, 0.15) is 29.2 Å². The topological polar surface area (TPSA) is 29.0 Å². The monoisotopic (exact) mass is 499 g/mol. The van der Waals surface area contributed by atoms with Gasteiger partial charge in [-0.3, -0.25) is 0 Å². The molecule has 0 amide bonds. The fourth-order valence-electron chi connectivity index (χ4n) is 7.19. The SMILES string of the molecule is C1=CC2c3c(ccc4c3-c3cccc5cccc-4c35)N(c3nc4c(c(-c5ccccc5)n3)CCC=C4)C2C=C1. The minimum absolute atomic E-state index is 0.133. The lowest BCUT2D eigenvalue weighted by atomic mass is 9.85. The molecule has 1 aromatic heterocycles. The minimum atomic E-state index is 0.133. The molecule has 4 aromatic carbocycles. The molecule has 1 aliphatic heterocycles. The van der Waals surface area contributed by atoms with E-state index in [2.05, 4.69) is 120 Å². The van der Waals surface area contributed by atoms with Gasteiger partial charge in [0.05, 0.1) is 17.4 Å². The van der Waals surface area contributed by atoms with E-state index in [1.807, 2.05) is 0 Å². The summed E-state index contributed by atoms with van der Waals surface area (Å²) in [6, 6.07) is 28.8. The zero-order valence-corrected chi connectivity index (χ0v) is 21.4. The predicted octanol–water partition coefficient (Wildman–Crippen LogP) is 8.63. The Bertz CT molecular complexity index is 1920. The second-order valence-electron chi connectivity index (χ2n) is 10.8. The van der Waals surface area contributed by atoms with Crippen molar-refractivity contribution in [2.75, 3.05) is 4.90 Å². The molecule has 3 nitrogen and oxygen atoms in total. The standard InChI is InChI=1S/C36H25N3/c1-2-10-23(11-3-1)35-26-14-4-6-18-29(26)37-36(38-35)39-30-19-7-5-15-27(30)34-31(39)21-20-25-24-16-8-12-22-13-9-17-28(32(22)24)33(25)34/h1-3,5-13,15-21,27,30H,4,14H2. The van der Waals surface area contributed by atoms with E-state index < -0.39 is 0 Å². The smallest absolute Gasteiger partial charge is 0.231 e. The Balaban J connectivity index is 1.31. The largest absolute Gasteiger partial charge is 0.302 e. The van der Waals surface area contributed by atoms with Gasteiger partial charge in [-0.1, -0.05) is 103 Å². The van der Waals surface area contributed by atoms with Crippen molar-refractivity contribution < 1.29 is 0 Å². The van der Waals surface area contributed by atoms with Crippen molar-refractivity contribution in [1.29, 1.82) is 0 Å². The molecule has 0 spiro atoms. The van der Waals surface area contributed by atoms with Crippen LogP contribution in [-0.2, 0) is 6.42 Å². The first-order chi connectivity index (χ1) is 19.4. The third-order valence-electron chi connectivity index (χ3n) is 8.81. The molecule has 4 aliphatic rings. The van der Waals surface area contributed by atoms with Crippen LogP contribution in [0.3, 0.4) is 0 Å². The van der Waals surface area contributed by atoms with Gasteiger partial charge in [-0.25, -0.2) is 9.97 Å².